The Morgan fingerprint density at radius 3 is 2.48 bits per heavy atom. The van der Waals surface area contributed by atoms with E-state index in [1.54, 1.807) is 50.1 Å². The van der Waals surface area contributed by atoms with Gasteiger partial charge < -0.3 is 19.9 Å². The van der Waals surface area contributed by atoms with Crippen molar-refractivity contribution < 1.29 is 14.6 Å². The molecule has 0 aliphatic carbocycles. The number of anilines is 1. The third-order valence-corrected chi connectivity index (χ3v) is 5.14. The van der Waals surface area contributed by atoms with Gasteiger partial charge in [-0.2, -0.15) is 0 Å². The number of ether oxygens (including phenoxy) is 2. The van der Waals surface area contributed by atoms with E-state index >= 15 is 0 Å². The molecule has 0 radical (unpaired) electrons. The van der Waals surface area contributed by atoms with E-state index < -0.39 is 6.10 Å². The van der Waals surface area contributed by atoms with Gasteiger partial charge >= 0.3 is 0 Å². The number of fused-ring (bicyclic) bond motifs is 1. The zero-order valence-corrected chi connectivity index (χ0v) is 15.3. The Bertz CT molecular complexity index is 844. The average molecular weight is 359 g/mol. The molecule has 2 N–H and O–H groups in total. The van der Waals surface area contributed by atoms with Crippen LogP contribution in [-0.2, 0) is 6.42 Å². The molecule has 132 valence electrons. The predicted molar refractivity (Wildman–Crippen MR) is 99.8 cm³/mol. The summed E-state index contributed by atoms with van der Waals surface area (Å²) in [6, 6.07) is 7.47. The summed E-state index contributed by atoms with van der Waals surface area (Å²) in [7, 11) is 3.17. The quantitative estimate of drug-likeness (QED) is 0.673. The molecule has 25 heavy (non-hydrogen) atoms. The number of rotatable bonds is 7. The molecule has 0 bridgehead atoms. The molecule has 6 nitrogen and oxygen atoms in total. The van der Waals surface area contributed by atoms with Crippen LogP contribution in [0.2, 0.25) is 0 Å². The summed E-state index contributed by atoms with van der Waals surface area (Å²) in [5.41, 5.74) is 0.716. The lowest BCUT2D eigenvalue weighted by atomic mass is 10.1. The SMILES string of the molecule is CCc1cc2c(NCC(O)c3cc(OC)cc(OC)c3)ncnc2s1. The molecule has 3 aromatic rings. The van der Waals surface area contributed by atoms with E-state index in [9.17, 15) is 5.11 Å². The third-order valence-electron chi connectivity index (χ3n) is 3.95. The molecular weight excluding hydrogens is 338 g/mol. The predicted octanol–water partition coefficient (Wildman–Crippen LogP) is 3.42. The van der Waals surface area contributed by atoms with Gasteiger partial charge in [0.05, 0.1) is 25.7 Å². The Kier molecular flexibility index (Phi) is 5.35. The highest BCUT2D eigenvalue weighted by Crippen LogP contribution is 2.30. The number of nitrogens with zero attached hydrogens (tertiary/aromatic N) is 2. The number of aromatic nitrogens is 2. The van der Waals surface area contributed by atoms with E-state index in [2.05, 4.69) is 28.3 Å². The Hall–Kier alpha value is -2.38. The van der Waals surface area contributed by atoms with Crippen molar-refractivity contribution >= 4 is 27.4 Å². The first-order valence-corrected chi connectivity index (χ1v) is 8.84. The Morgan fingerprint density at radius 1 is 1.12 bits per heavy atom. The van der Waals surface area contributed by atoms with Gasteiger partial charge in [-0.05, 0) is 30.2 Å². The van der Waals surface area contributed by atoms with Crippen molar-refractivity contribution in [1.29, 1.82) is 0 Å². The number of aryl methyl sites for hydroxylation is 1. The summed E-state index contributed by atoms with van der Waals surface area (Å²) in [5, 5.41) is 14.7. The maximum atomic E-state index is 10.5. The maximum absolute atomic E-state index is 10.5. The van der Waals surface area contributed by atoms with E-state index in [4.69, 9.17) is 9.47 Å². The standard InChI is InChI=1S/C18H21N3O3S/c1-4-14-8-15-17(20-10-21-18(15)25-14)19-9-16(22)11-5-12(23-2)7-13(6-11)24-3/h5-8,10,16,22H,4,9H2,1-3H3,(H,19,20,21). The fourth-order valence-electron chi connectivity index (χ4n) is 2.55. The van der Waals surface area contributed by atoms with Gasteiger partial charge in [-0.1, -0.05) is 6.92 Å². The van der Waals surface area contributed by atoms with E-state index in [1.807, 2.05) is 0 Å². The molecule has 1 atom stereocenters. The van der Waals surface area contributed by atoms with Crippen LogP contribution >= 0.6 is 11.3 Å². The lowest BCUT2D eigenvalue weighted by molar-refractivity contribution is 0.190. The van der Waals surface area contributed by atoms with Gasteiger partial charge in [0.25, 0.3) is 0 Å². The van der Waals surface area contributed by atoms with Gasteiger partial charge in [0.15, 0.2) is 0 Å². The Labute approximate surface area is 150 Å². The first-order chi connectivity index (χ1) is 12.1. The number of aliphatic hydroxyl groups excluding tert-OH is 1. The van der Waals surface area contributed by atoms with E-state index in [-0.39, 0.29) is 0 Å². The van der Waals surface area contributed by atoms with Crippen LogP contribution in [0.1, 0.15) is 23.5 Å². The van der Waals surface area contributed by atoms with Gasteiger partial charge in [0, 0.05) is 17.5 Å². The molecule has 1 aromatic carbocycles. The van der Waals surface area contributed by atoms with Gasteiger partial charge in [-0.15, -0.1) is 11.3 Å². The Morgan fingerprint density at radius 2 is 1.84 bits per heavy atom. The highest BCUT2D eigenvalue weighted by Gasteiger charge is 2.13. The van der Waals surface area contributed by atoms with Crippen molar-refractivity contribution in [3.8, 4) is 11.5 Å². The zero-order valence-electron chi connectivity index (χ0n) is 14.4. The van der Waals surface area contributed by atoms with Gasteiger partial charge in [0.2, 0.25) is 0 Å². The largest absolute Gasteiger partial charge is 0.497 e. The van der Waals surface area contributed by atoms with Crippen LogP contribution in [0.25, 0.3) is 10.2 Å². The fourth-order valence-corrected chi connectivity index (χ4v) is 3.49. The summed E-state index contributed by atoms with van der Waals surface area (Å²) in [5.74, 6) is 2.02. The van der Waals surface area contributed by atoms with Gasteiger partial charge in [-0.25, -0.2) is 9.97 Å². The topological polar surface area (TPSA) is 76.5 Å². The molecule has 0 saturated heterocycles. The summed E-state index contributed by atoms with van der Waals surface area (Å²) in [4.78, 5) is 10.8. The van der Waals surface area contributed by atoms with Crippen LogP contribution < -0.4 is 14.8 Å². The second kappa shape index (κ2) is 7.67. The second-order valence-electron chi connectivity index (χ2n) is 5.55. The molecule has 0 aliphatic rings. The fraction of sp³-hybridized carbons (Fsp3) is 0.333. The minimum absolute atomic E-state index is 0.319. The highest BCUT2D eigenvalue weighted by atomic mass is 32.1. The molecule has 2 aromatic heterocycles. The van der Waals surface area contributed by atoms with Crippen LogP contribution in [-0.4, -0.2) is 35.8 Å². The highest BCUT2D eigenvalue weighted by molar-refractivity contribution is 7.18. The third kappa shape index (κ3) is 3.83. The number of benzene rings is 1. The average Bonchev–Trinajstić information content (AvgIpc) is 3.09. The van der Waals surface area contributed by atoms with Crippen molar-refractivity contribution in [2.75, 3.05) is 26.1 Å². The molecule has 0 spiro atoms. The van der Waals surface area contributed by atoms with Gasteiger partial charge in [-0.3, -0.25) is 0 Å². The minimum Gasteiger partial charge on any atom is -0.497 e. The zero-order chi connectivity index (χ0) is 17.8. The van der Waals surface area contributed by atoms with Crippen molar-refractivity contribution in [1.82, 2.24) is 9.97 Å². The smallest absolute Gasteiger partial charge is 0.138 e. The van der Waals surface area contributed by atoms with Gasteiger partial charge in [0.1, 0.15) is 28.5 Å². The molecule has 0 saturated carbocycles. The van der Waals surface area contributed by atoms with Crippen molar-refractivity contribution in [2.45, 2.75) is 19.4 Å². The lowest BCUT2D eigenvalue weighted by Crippen LogP contribution is -2.13. The monoisotopic (exact) mass is 359 g/mol. The minimum atomic E-state index is -0.724. The Balaban J connectivity index is 1.78. The number of hydrogen-bond acceptors (Lipinski definition) is 7. The number of hydrogen-bond donors (Lipinski definition) is 2. The number of thiophene rings is 1. The summed E-state index contributed by atoms with van der Waals surface area (Å²) >= 11 is 1.67. The normalized spacial score (nSPS) is 12.2. The van der Waals surface area contributed by atoms with Crippen LogP contribution in [0.4, 0.5) is 5.82 Å². The van der Waals surface area contributed by atoms with E-state index in [0.717, 1.165) is 22.5 Å². The number of aliphatic hydroxyl groups is 1. The van der Waals surface area contributed by atoms with Crippen LogP contribution in [0.5, 0.6) is 11.5 Å². The molecule has 3 rings (SSSR count). The van der Waals surface area contributed by atoms with Crippen LogP contribution in [0, 0.1) is 0 Å². The number of methoxy groups -OCH3 is 2. The second-order valence-corrected chi connectivity index (χ2v) is 6.67. The number of nitrogens with one attached hydrogen (secondary N) is 1. The van der Waals surface area contributed by atoms with Crippen molar-refractivity contribution in [3.05, 3.63) is 41.0 Å². The molecule has 2 heterocycles. The first-order valence-electron chi connectivity index (χ1n) is 8.03. The van der Waals surface area contributed by atoms with Crippen molar-refractivity contribution in [3.63, 3.8) is 0 Å². The van der Waals surface area contributed by atoms with E-state index in [0.29, 0.717) is 23.6 Å². The molecule has 7 heteroatoms. The van der Waals surface area contributed by atoms with E-state index in [1.165, 1.54) is 4.88 Å². The summed E-state index contributed by atoms with van der Waals surface area (Å²) in [6.07, 6.45) is 1.78. The molecule has 0 amide bonds. The molecule has 0 fully saturated rings. The van der Waals surface area contributed by atoms with Crippen molar-refractivity contribution in [2.24, 2.45) is 0 Å². The molecule has 1 unspecified atom stereocenters. The molecule has 0 aliphatic heterocycles. The lowest BCUT2D eigenvalue weighted by Gasteiger charge is -2.15. The maximum Gasteiger partial charge on any atom is 0.138 e. The summed E-state index contributed by atoms with van der Waals surface area (Å²) in [6.45, 7) is 2.44. The van der Waals surface area contributed by atoms with Crippen LogP contribution in [0.15, 0.2) is 30.6 Å². The van der Waals surface area contributed by atoms with Crippen LogP contribution in [0.3, 0.4) is 0 Å². The summed E-state index contributed by atoms with van der Waals surface area (Å²) < 4.78 is 10.5. The first kappa shape index (κ1) is 17.4. The molecular formula is C18H21N3O3S.